The van der Waals surface area contributed by atoms with Crippen molar-refractivity contribution in [1.82, 2.24) is 10.5 Å². The third-order valence-electron chi connectivity index (χ3n) is 3.78. The van der Waals surface area contributed by atoms with Gasteiger partial charge in [0.1, 0.15) is 22.8 Å². The van der Waals surface area contributed by atoms with Crippen LogP contribution in [0.4, 0.5) is 4.39 Å². The third kappa shape index (κ3) is 3.56. The zero-order chi connectivity index (χ0) is 18.8. The molecule has 0 saturated heterocycles. The standard InChI is InChI=1S/C18H12Cl3FN2O2/c1-9-15(17(24-26-9)16-12(20)5-2-6-13(16)21)18(25)23-8-10-11(19)4-3-7-14(10)22/h2-7H,8H2,1H3,(H,23,25). The third-order valence-corrected chi connectivity index (χ3v) is 4.76. The monoisotopic (exact) mass is 412 g/mol. The summed E-state index contributed by atoms with van der Waals surface area (Å²) in [5, 5.41) is 7.42. The maximum atomic E-state index is 13.9. The van der Waals surface area contributed by atoms with Crippen LogP contribution in [-0.2, 0) is 6.54 Å². The molecule has 0 aliphatic heterocycles. The molecule has 26 heavy (non-hydrogen) atoms. The van der Waals surface area contributed by atoms with E-state index in [0.717, 1.165) is 0 Å². The average Bonchev–Trinajstić information content (AvgIpc) is 2.95. The minimum atomic E-state index is -0.506. The first-order chi connectivity index (χ1) is 12.4. The van der Waals surface area contributed by atoms with E-state index in [4.69, 9.17) is 39.3 Å². The summed E-state index contributed by atoms with van der Waals surface area (Å²) in [6.45, 7) is 1.50. The minimum absolute atomic E-state index is 0.0926. The van der Waals surface area contributed by atoms with Gasteiger partial charge in [0.2, 0.25) is 0 Å². The molecular formula is C18H12Cl3FN2O2. The van der Waals surface area contributed by atoms with Gasteiger partial charge < -0.3 is 9.84 Å². The van der Waals surface area contributed by atoms with Crippen LogP contribution in [0.15, 0.2) is 40.9 Å². The Balaban J connectivity index is 1.93. The number of nitrogens with one attached hydrogen (secondary N) is 1. The molecule has 134 valence electrons. The van der Waals surface area contributed by atoms with Crippen LogP contribution in [0.2, 0.25) is 15.1 Å². The molecule has 1 heterocycles. The summed E-state index contributed by atoms with van der Waals surface area (Å²) < 4.78 is 19.0. The Morgan fingerprint density at radius 3 is 2.38 bits per heavy atom. The van der Waals surface area contributed by atoms with Gasteiger partial charge in [-0.3, -0.25) is 4.79 Å². The van der Waals surface area contributed by atoms with Gasteiger partial charge in [-0.2, -0.15) is 0 Å². The molecule has 1 amide bonds. The highest BCUT2D eigenvalue weighted by molar-refractivity contribution is 6.39. The summed E-state index contributed by atoms with van der Waals surface area (Å²) >= 11 is 18.4. The number of aryl methyl sites for hydroxylation is 1. The fraction of sp³-hybridized carbons (Fsp3) is 0.111. The molecule has 0 radical (unpaired) electrons. The molecule has 0 saturated carbocycles. The van der Waals surface area contributed by atoms with Crippen molar-refractivity contribution >= 4 is 40.7 Å². The second-order valence-electron chi connectivity index (χ2n) is 5.44. The normalized spacial score (nSPS) is 10.8. The maximum absolute atomic E-state index is 13.9. The van der Waals surface area contributed by atoms with E-state index in [1.807, 2.05) is 0 Å². The van der Waals surface area contributed by atoms with Crippen LogP contribution >= 0.6 is 34.8 Å². The van der Waals surface area contributed by atoms with Crippen LogP contribution in [0, 0.1) is 12.7 Å². The van der Waals surface area contributed by atoms with Crippen molar-refractivity contribution in [3.8, 4) is 11.3 Å². The maximum Gasteiger partial charge on any atom is 0.257 e. The molecule has 4 nitrogen and oxygen atoms in total. The van der Waals surface area contributed by atoms with E-state index >= 15 is 0 Å². The number of amides is 1. The molecule has 0 aliphatic carbocycles. The largest absolute Gasteiger partial charge is 0.360 e. The Morgan fingerprint density at radius 2 is 1.73 bits per heavy atom. The molecule has 2 aromatic carbocycles. The number of carbonyl (C=O) groups excluding carboxylic acids is 1. The number of rotatable bonds is 4. The summed E-state index contributed by atoms with van der Waals surface area (Å²) in [5.41, 5.74) is 0.971. The lowest BCUT2D eigenvalue weighted by Gasteiger charge is -2.09. The number of nitrogens with zero attached hydrogens (tertiary/aromatic N) is 1. The first-order valence-electron chi connectivity index (χ1n) is 7.52. The highest BCUT2D eigenvalue weighted by Crippen LogP contribution is 2.36. The first kappa shape index (κ1) is 18.7. The van der Waals surface area contributed by atoms with Gasteiger partial charge in [-0.25, -0.2) is 4.39 Å². The molecule has 1 N–H and O–H groups in total. The molecule has 0 unspecified atom stereocenters. The van der Waals surface area contributed by atoms with Gasteiger partial charge in [0.05, 0.1) is 10.0 Å². The lowest BCUT2D eigenvalue weighted by molar-refractivity contribution is 0.0949. The smallest absolute Gasteiger partial charge is 0.257 e. The van der Waals surface area contributed by atoms with Crippen molar-refractivity contribution in [1.29, 1.82) is 0 Å². The van der Waals surface area contributed by atoms with E-state index in [2.05, 4.69) is 10.5 Å². The minimum Gasteiger partial charge on any atom is -0.360 e. The number of halogens is 4. The van der Waals surface area contributed by atoms with Gasteiger partial charge in [-0.15, -0.1) is 0 Å². The Hall–Kier alpha value is -2.08. The summed E-state index contributed by atoms with van der Waals surface area (Å²) in [4.78, 5) is 12.7. The molecular weight excluding hydrogens is 402 g/mol. The second kappa shape index (κ2) is 7.66. The van der Waals surface area contributed by atoms with Crippen molar-refractivity contribution in [2.75, 3.05) is 0 Å². The van der Waals surface area contributed by atoms with E-state index in [1.54, 1.807) is 31.2 Å². The molecule has 3 aromatic rings. The molecule has 0 fully saturated rings. The molecule has 0 spiro atoms. The molecule has 3 rings (SSSR count). The van der Waals surface area contributed by atoms with Crippen LogP contribution < -0.4 is 5.32 Å². The Kier molecular flexibility index (Phi) is 5.51. The zero-order valence-corrected chi connectivity index (χ0v) is 15.7. The van der Waals surface area contributed by atoms with Crippen molar-refractivity contribution < 1.29 is 13.7 Å². The zero-order valence-electron chi connectivity index (χ0n) is 13.4. The number of hydrogen-bond acceptors (Lipinski definition) is 3. The number of hydrogen-bond donors (Lipinski definition) is 1. The molecule has 8 heteroatoms. The quantitative estimate of drug-likeness (QED) is 0.599. The molecule has 0 atom stereocenters. The predicted molar refractivity (Wildman–Crippen MR) is 99.3 cm³/mol. The van der Waals surface area contributed by atoms with Crippen molar-refractivity contribution in [2.24, 2.45) is 0 Å². The first-order valence-corrected chi connectivity index (χ1v) is 8.65. The Bertz CT molecular complexity index is 948. The van der Waals surface area contributed by atoms with E-state index < -0.39 is 11.7 Å². The average molecular weight is 414 g/mol. The van der Waals surface area contributed by atoms with Gasteiger partial charge in [0.25, 0.3) is 5.91 Å². The lowest BCUT2D eigenvalue weighted by atomic mass is 10.1. The van der Waals surface area contributed by atoms with Gasteiger partial charge >= 0.3 is 0 Å². The summed E-state index contributed by atoms with van der Waals surface area (Å²) in [5.74, 6) is -0.726. The van der Waals surface area contributed by atoms with Crippen molar-refractivity contribution in [3.05, 3.63) is 74.2 Å². The van der Waals surface area contributed by atoms with E-state index in [1.165, 1.54) is 12.1 Å². The fourth-order valence-corrected chi connectivity index (χ4v) is 3.30. The van der Waals surface area contributed by atoms with E-state index in [-0.39, 0.29) is 34.1 Å². The molecule has 0 aliphatic rings. The highest BCUT2D eigenvalue weighted by atomic mass is 35.5. The van der Waals surface area contributed by atoms with Crippen LogP contribution in [0.1, 0.15) is 21.7 Å². The number of benzene rings is 2. The van der Waals surface area contributed by atoms with Crippen LogP contribution in [0.5, 0.6) is 0 Å². The van der Waals surface area contributed by atoms with Crippen LogP contribution in [-0.4, -0.2) is 11.1 Å². The molecule has 0 bridgehead atoms. The topological polar surface area (TPSA) is 55.1 Å². The second-order valence-corrected chi connectivity index (χ2v) is 6.66. The summed E-state index contributed by atoms with van der Waals surface area (Å²) in [7, 11) is 0. The van der Waals surface area contributed by atoms with Gasteiger partial charge in [-0.1, -0.05) is 52.1 Å². The predicted octanol–water partition coefficient (Wildman–Crippen LogP) is 5.68. The Morgan fingerprint density at radius 1 is 1.12 bits per heavy atom. The summed E-state index contributed by atoms with van der Waals surface area (Å²) in [6, 6.07) is 9.26. The fourth-order valence-electron chi connectivity index (χ4n) is 2.49. The SMILES string of the molecule is Cc1onc(-c2c(Cl)cccc2Cl)c1C(=O)NCc1c(F)cccc1Cl. The van der Waals surface area contributed by atoms with Gasteiger partial charge in [-0.05, 0) is 31.2 Å². The van der Waals surface area contributed by atoms with Gasteiger partial charge in [0.15, 0.2) is 0 Å². The Labute approximate surface area is 163 Å². The van der Waals surface area contributed by atoms with E-state index in [9.17, 15) is 9.18 Å². The molecule has 1 aromatic heterocycles. The van der Waals surface area contributed by atoms with Crippen molar-refractivity contribution in [2.45, 2.75) is 13.5 Å². The highest BCUT2D eigenvalue weighted by Gasteiger charge is 2.25. The van der Waals surface area contributed by atoms with Gasteiger partial charge in [0, 0.05) is 22.7 Å². The van der Waals surface area contributed by atoms with Crippen molar-refractivity contribution in [3.63, 3.8) is 0 Å². The van der Waals surface area contributed by atoms with Crippen LogP contribution in [0.3, 0.4) is 0 Å². The van der Waals surface area contributed by atoms with Crippen LogP contribution in [0.25, 0.3) is 11.3 Å². The summed E-state index contributed by atoms with van der Waals surface area (Å²) in [6.07, 6.45) is 0. The van der Waals surface area contributed by atoms with E-state index in [0.29, 0.717) is 15.6 Å². The number of aromatic nitrogens is 1. The lowest BCUT2D eigenvalue weighted by Crippen LogP contribution is -2.24. The number of carbonyl (C=O) groups is 1.